The molecule has 0 radical (unpaired) electrons. The van der Waals surface area contributed by atoms with Crippen molar-refractivity contribution in [2.24, 2.45) is 34.5 Å². The lowest BCUT2D eigenvalue weighted by Crippen LogP contribution is -3.10. The predicted molar refractivity (Wildman–Crippen MR) is 104 cm³/mol. The molecule has 3 saturated carbocycles. The van der Waals surface area contributed by atoms with Crippen LogP contribution in [0.15, 0.2) is 11.6 Å². The molecular weight excluding hydrogens is 322 g/mol. The number of nitrogens with one attached hydrogen (secondary N) is 1. The van der Waals surface area contributed by atoms with Crippen LogP contribution >= 0.6 is 0 Å². The Morgan fingerprint density at radius 2 is 1.92 bits per heavy atom. The van der Waals surface area contributed by atoms with Crippen LogP contribution < -0.4 is 4.90 Å². The van der Waals surface area contributed by atoms with Crippen LogP contribution in [0.4, 0.5) is 0 Å². The summed E-state index contributed by atoms with van der Waals surface area (Å²) in [7, 11) is 4.48. The molecule has 0 aromatic carbocycles. The van der Waals surface area contributed by atoms with Gasteiger partial charge in [0, 0.05) is 6.42 Å². The smallest absolute Gasteiger partial charge is 0.139 e. The van der Waals surface area contributed by atoms with E-state index in [0.29, 0.717) is 17.7 Å². The fourth-order valence-corrected chi connectivity index (χ4v) is 8.01. The first-order chi connectivity index (χ1) is 12.2. The second-order valence-corrected chi connectivity index (χ2v) is 10.7. The van der Waals surface area contributed by atoms with E-state index in [1.54, 1.807) is 0 Å². The van der Waals surface area contributed by atoms with Crippen LogP contribution in [0.2, 0.25) is 0 Å². The lowest BCUT2D eigenvalue weighted by Gasteiger charge is -2.57. The number of Topliss-reactive ketones (excluding diaryl/α,β-unsaturated/α-hetero) is 1. The Labute approximate surface area is 159 Å². The molecule has 0 amide bonds. The van der Waals surface area contributed by atoms with Crippen LogP contribution in [0.25, 0.3) is 0 Å². The van der Waals surface area contributed by atoms with E-state index in [4.69, 9.17) is 0 Å². The van der Waals surface area contributed by atoms with Gasteiger partial charge in [0.15, 0.2) is 0 Å². The van der Waals surface area contributed by atoms with E-state index in [2.05, 4.69) is 34.0 Å². The summed E-state index contributed by atoms with van der Waals surface area (Å²) < 4.78 is 0. The average Bonchev–Trinajstić information content (AvgIpc) is 2.89. The van der Waals surface area contributed by atoms with Gasteiger partial charge in [0.05, 0.1) is 32.2 Å². The minimum Gasteiger partial charge on any atom is -0.393 e. The highest BCUT2D eigenvalue weighted by atomic mass is 16.3. The maximum Gasteiger partial charge on any atom is 0.139 e. The molecule has 3 fully saturated rings. The minimum atomic E-state index is -0.130. The minimum absolute atomic E-state index is 0.130. The zero-order valence-electron chi connectivity index (χ0n) is 17.3. The van der Waals surface area contributed by atoms with Crippen molar-refractivity contribution in [3.63, 3.8) is 0 Å². The zero-order valence-corrected chi connectivity index (χ0v) is 17.3. The van der Waals surface area contributed by atoms with Crippen molar-refractivity contribution in [1.29, 1.82) is 0 Å². The van der Waals surface area contributed by atoms with Crippen LogP contribution in [-0.2, 0) is 4.79 Å². The van der Waals surface area contributed by atoms with E-state index < -0.39 is 0 Å². The first-order valence-corrected chi connectivity index (χ1v) is 10.9. The normalized spacial score (nSPS) is 50.7. The largest absolute Gasteiger partial charge is 0.393 e. The van der Waals surface area contributed by atoms with Crippen molar-refractivity contribution in [1.82, 2.24) is 0 Å². The van der Waals surface area contributed by atoms with Gasteiger partial charge in [-0.15, -0.1) is 0 Å². The van der Waals surface area contributed by atoms with E-state index in [9.17, 15) is 9.90 Å². The summed E-state index contributed by atoms with van der Waals surface area (Å²) in [6.07, 6.45) is 10.2. The predicted octanol–water partition coefficient (Wildman–Crippen LogP) is 2.64. The topological polar surface area (TPSA) is 41.7 Å². The SMILES string of the molecule is CC(=O)[C@H]1[C@H]([NH+](C)C)C[C@@H]2[C@H]3CC=C4C[C@@H](O)CC[C@]4(C)[C@@H]3CC[C@@]21C. The van der Waals surface area contributed by atoms with Crippen LogP contribution in [0.3, 0.4) is 0 Å². The monoisotopic (exact) mass is 360 g/mol. The highest BCUT2D eigenvalue weighted by molar-refractivity contribution is 5.80. The van der Waals surface area contributed by atoms with Gasteiger partial charge in [-0.2, -0.15) is 0 Å². The van der Waals surface area contributed by atoms with E-state index in [0.717, 1.165) is 31.1 Å². The molecule has 3 nitrogen and oxygen atoms in total. The number of fused-ring (bicyclic) bond motifs is 5. The summed E-state index contributed by atoms with van der Waals surface area (Å²) >= 11 is 0. The molecular formula is C23H38NO2+. The van der Waals surface area contributed by atoms with Gasteiger partial charge in [-0.25, -0.2) is 0 Å². The van der Waals surface area contributed by atoms with E-state index in [1.807, 2.05) is 6.92 Å². The van der Waals surface area contributed by atoms with Gasteiger partial charge >= 0.3 is 0 Å². The number of carbonyl (C=O) groups is 1. The highest BCUT2D eigenvalue weighted by Crippen LogP contribution is 2.66. The Hall–Kier alpha value is -0.670. The standard InChI is InChI=1S/C23H37NO2/c1-14(25)21-20(24(4)5)13-19-17-7-6-15-12-16(26)8-10-22(15,2)18(17)9-11-23(19,21)3/h6,16-21,26H,7-13H2,1-5H3/p+1/t16-,17-,18+,19+,20+,21-,22-,23-/m0/s1. The molecule has 26 heavy (non-hydrogen) atoms. The fourth-order valence-electron chi connectivity index (χ4n) is 8.01. The third-order valence-electron chi connectivity index (χ3n) is 9.32. The number of hydrogen-bond acceptors (Lipinski definition) is 2. The van der Waals surface area contributed by atoms with E-state index >= 15 is 0 Å². The molecule has 0 heterocycles. The van der Waals surface area contributed by atoms with Crippen molar-refractivity contribution in [2.75, 3.05) is 14.1 Å². The van der Waals surface area contributed by atoms with Gasteiger partial charge in [-0.3, -0.25) is 4.79 Å². The molecule has 146 valence electrons. The first kappa shape index (κ1) is 18.7. The lowest BCUT2D eigenvalue weighted by atomic mass is 9.47. The van der Waals surface area contributed by atoms with Crippen molar-refractivity contribution in [3.8, 4) is 0 Å². The molecule has 0 spiro atoms. The number of carbonyl (C=O) groups excluding carboxylic acids is 1. The van der Waals surface area contributed by atoms with Crippen LogP contribution in [0.5, 0.6) is 0 Å². The van der Waals surface area contributed by atoms with Crippen molar-refractivity contribution in [3.05, 3.63) is 11.6 Å². The van der Waals surface area contributed by atoms with Crippen LogP contribution in [-0.4, -0.2) is 37.1 Å². The molecule has 4 aliphatic rings. The summed E-state index contributed by atoms with van der Waals surface area (Å²) in [5.41, 5.74) is 2.01. The number of allylic oxidation sites excluding steroid dienone is 1. The average molecular weight is 361 g/mol. The number of aliphatic hydroxyl groups excluding tert-OH is 1. The van der Waals surface area contributed by atoms with Gasteiger partial charge in [-0.05, 0) is 74.0 Å². The van der Waals surface area contributed by atoms with Gasteiger partial charge in [0.1, 0.15) is 5.78 Å². The van der Waals surface area contributed by atoms with Gasteiger partial charge in [0.25, 0.3) is 0 Å². The molecule has 0 aliphatic heterocycles. The fraction of sp³-hybridized carbons (Fsp3) is 0.870. The van der Waals surface area contributed by atoms with E-state index in [-0.39, 0.29) is 22.9 Å². The Morgan fingerprint density at radius 1 is 1.19 bits per heavy atom. The number of quaternary nitrogens is 1. The highest BCUT2D eigenvalue weighted by Gasteiger charge is 2.63. The molecule has 8 atom stereocenters. The van der Waals surface area contributed by atoms with Gasteiger partial charge < -0.3 is 10.0 Å². The summed E-state index contributed by atoms with van der Waals surface area (Å²) in [5.74, 6) is 2.79. The molecule has 4 rings (SSSR count). The Kier molecular flexibility index (Phi) is 4.43. The summed E-state index contributed by atoms with van der Waals surface area (Å²) in [6.45, 7) is 6.76. The Morgan fingerprint density at radius 3 is 2.58 bits per heavy atom. The van der Waals surface area contributed by atoms with Crippen LogP contribution in [0, 0.1) is 34.5 Å². The third kappa shape index (κ3) is 2.49. The molecule has 0 aromatic heterocycles. The summed E-state index contributed by atoms with van der Waals surface area (Å²) in [4.78, 5) is 14.1. The van der Waals surface area contributed by atoms with E-state index in [1.165, 1.54) is 36.2 Å². The van der Waals surface area contributed by atoms with Gasteiger partial charge in [-0.1, -0.05) is 25.5 Å². The summed E-state index contributed by atoms with van der Waals surface area (Å²) in [6, 6.07) is 0.479. The second-order valence-electron chi connectivity index (χ2n) is 10.7. The zero-order chi connectivity index (χ0) is 18.9. The Bertz CT molecular complexity index is 626. The quantitative estimate of drug-likeness (QED) is 0.744. The number of aliphatic hydroxyl groups is 1. The van der Waals surface area contributed by atoms with Crippen LogP contribution in [0.1, 0.15) is 65.7 Å². The molecule has 4 aliphatic carbocycles. The first-order valence-electron chi connectivity index (χ1n) is 10.9. The lowest BCUT2D eigenvalue weighted by molar-refractivity contribution is -0.888. The number of ketones is 1. The van der Waals surface area contributed by atoms with Crippen molar-refractivity contribution < 1.29 is 14.8 Å². The van der Waals surface area contributed by atoms with Gasteiger partial charge in [0.2, 0.25) is 0 Å². The summed E-state index contributed by atoms with van der Waals surface area (Å²) in [5, 5.41) is 10.2. The third-order valence-corrected chi connectivity index (χ3v) is 9.32. The maximum absolute atomic E-state index is 12.7. The molecule has 3 heteroatoms. The van der Waals surface area contributed by atoms with Crippen molar-refractivity contribution >= 4 is 5.78 Å². The van der Waals surface area contributed by atoms with Crippen molar-refractivity contribution in [2.45, 2.75) is 77.9 Å². The molecule has 2 N–H and O–H groups in total. The molecule has 0 bridgehead atoms. The second kappa shape index (κ2) is 6.17. The Balaban J connectivity index is 1.69. The number of rotatable bonds is 2. The number of hydrogen-bond donors (Lipinski definition) is 2. The molecule has 0 aromatic rings. The molecule has 0 saturated heterocycles. The molecule has 0 unspecified atom stereocenters. The maximum atomic E-state index is 12.7.